The largest absolute Gasteiger partial charge is 0.381 e. The van der Waals surface area contributed by atoms with E-state index in [1.165, 1.54) is 6.42 Å². The minimum atomic E-state index is -0.291. The lowest BCUT2D eigenvalue weighted by Crippen LogP contribution is -2.50. The van der Waals surface area contributed by atoms with E-state index in [1.54, 1.807) is 0 Å². The molecule has 2 fully saturated rings. The molecule has 110 valence electrons. The van der Waals surface area contributed by atoms with Crippen LogP contribution in [0.1, 0.15) is 40.0 Å². The molecule has 0 aromatic heterocycles. The number of rotatable bonds is 4. The van der Waals surface area contributed by atoms with E-state index < -0.39 is 0 Å². The van der Waals surface area contributed by atoms with Crippen LogP contribution < -0.4 is 10.6 Å². The average Bonchev–Trinajstić information content (AvgIpc) is 2.93. The summed E-state index contributed by atoms with van der Waals surface area (Å²) in [5, 5.41) is 6.62. The van der Waals surface area contributed by atoms with Gasteiger partial charge in [-0.2, -0.15) is 0 Å². The molecular formula is C15H28N2O2. The van der Waals surface area contributed by atoms with Crippen molar-refractivity contribution in [2.24, 2.45) is 17.3 Å². The molecule has 0 aromatic carbocycles. The monoisotopic (exact) mass is 268 g/mol. The summed E-state index contributed by atoms with van der Waals surface area (Å²) in [4.78, 5) is 12.6. The summed E-state index contributed by atoms with van der Waals surface area (Å²) in [6.07, 6.45) is 3.38. The Labute approximate surface area is 116 Å². The lowest BCUT2D eigenvalue weighted by Gasteiger charge is -2.37. The summed E-state index contributed by atoms with van der Waals surface area (Å²) in [5.74, 6) is 1.11. The van der Waals surface area contributed by atoms with Gasteiger partial charge in [-0.1, -0.05) is 13.8 Å². The van der Waals surface area contributed by atoms with E-state index in [0.717, 1.165) is 39.1 Å². The quantitative estimate of drug-likeness (QED) is 0.813. The van der Waals surface area contributed by atoms with Crippen LogP contribution in [-0.4, -0.2) is 38.3 Å². The first-order valence-corrected chi connectivity index (χ1v) is 7.61. The van der Waals surface area contributed by atoms with Crippen LogP contribution in [0, 0.1) is 17.3 Å². The minimum Gasteiger partial charge on any atom is -0.381 e. The predicted octanol–water partition coefficient (Wildman–Crippen LogP) is 1.55. The third-order valence-corrected chi connectivity index (χ3v) is 4.93. The molecule has 4 heteroatoms. The van der Waals surface area contributed by atoms with Crippen molar-refractivity contribution in [1.29, 1.82) is 0 Å². The molecule has 1 amide bonds. The molecule has 0 spiro atoms. The molecule has 3 atom stereocenters. The summed E-state index contributed by atoms with van der Waals surface area (Å²) >= 11 is 0. The van der Waals surface area contributed by atoms with Crippen molar-refractivity contribution in [3.63, 3.8) is 0 Å². The van der Waals surface area contributed by atoms with Gasteiger partial charge < -0.3 is 15.4 Å². The maximum Gasteiger partial charge on any atom is 0.226 e. The number of carbonyl (C=O) groups is 1. The van der Waals surface area contributed by atoms with Crippen molar-refractivity contribution >= 4 is 5.91 Å². The second kappa shape index (κ2) is 6.23. The first kappa shape index (κ1) is 14.8. The van der Waals surface area contributed by atoms with Crippen molar-refractivity contribution in [1.82, 2.24) is 10.6 Å². The smallest absolute Gasteiger partial charge is 0.226 e. The van der Waals surface area contributed by atoms with Crippen LogP contribution in [0.5, 0.6) is 0 Å². The van der Waals surface area contributed by atoms with Gasteiger partial charge in [0, 0.05) is 24.0 Å². The van der Waals surface area contributed by atoms with Gasteiger partial charge in [-0.3, -0.25) is 4.79 Å². The van der Waals surface area contributed by atoms with Gasteiger partial charge in [0.25, 0.3) is 0 Å². The number of hydrogen-bond donors (Lipinski definition) is 2. The SMILES string of the molecule is CC(NC(=O)C(C)(C)C1CCCNC1)C1CCOC1. The van der Waals surface area contributed by atoms with Gasteiger partial charge in [0.05, 0.1) is 6.61 Å². The Morgan fingerprint density at radius 3 is 2.79 bits per heavy atom. The van der Waals surface area contributed by atoms with Gasteiger partial charge in [0.2, 0.25) is 5.91 Å². The fourth-order valence-electron chi connectivity index (χ4n) is 3.11. The number of hydrogen-bond acceptors (Lipinski definition) is 3. The summed E-state index contributed by atoms with van der Waals surface area (Å²) in [6.45, 7) is 9.93. The average molecular weight is 268 g/mol. The molecule has 2 aliphatic heterocycles. The second-order valence-corrected chi connectivity index (χ2v) is 6.65. The van der Waals surface area contributed by atoms with Crippen molar-refractivity contribution < 1.29 is 9.53 Å². The molecule has 0 radical (unpaired) electrons. The molecule has 2 N–H and O–H groups in total. The zero-order valence-electron chi connectivity index (χ0n) is 12.5. The van der Waals surface area contributed by atoms with Gasteiger partial charge in [0.15, 0.2) is 0 Å². The van der Waals surface area contributed by atoms with Crippen molar-refractivity contribution in [3.05, 3.63) is 0 Å². The van der Waals surface area contributed by atoms with Crippen LogP contribution >= 0.6 is 0 Å². The number of nitrogens with one attached hydrogen (secondary N) is 2. The van der Waals surface area contributed by atoms with E-state index in [-0.39, 0.29) is 17.4 Å². The third-order valence-electron chi connectivity index (χ3n) is 4.93. The highest BCUT2D eigenvalue weighted by atomic mass is 16.5. The van der Waals surface area contributed by atoms with E-state index >= 15 is 0 Å². The number of carbonyl (C=O) groups excluding carboxylic acids is 1. The Morgan fingerprint density at radius 2 is 2.21 bits per heavy atom. The highest BCUT2D eigenvalue weighted by molar-refractivity contribution is 5.82. The zero-order chi connectivity index (χ0) is 13.9. The number of ether oxygens (including phenoxy) is 1. The van der Waals surface area contributed by atoms with Gasteiger partial charge in [-0.05, 0) is 45.2 Å². The van der Waals surface area contributed by atoms with Crippen LogP contribution in [0.3, 0.4) is 0 Å². The highest BCUT2D eigenvalue weighted by Crippen LogP contribution is 2.32. The van der Waals surface area contributed by atoms with E-state index in [1.807, 2.05) is 0 Å². The predicted molar refractivity (Wildman–Crippen MR) is 75.9 cm³/mol. The maximum atomic E-state index is 12.6. The maximum absolute atomic E-state index is 12.6. The molecule has 2 rings (SSSR count). The molecule has 0 saturated carbocycles. The highest BCUT2D eigenvalue weighted by Gasteiger charge is 2.38. The van der Waals surface area contributed by atoms with E-state index in [9.17, 15) is 4.79 Å². The van der Waals surface area contributed by atoms with Crippen LogP contribution in [0.4, 0.5) is 0 Å². The Balaban J connectivity index is 1.89. The Morgan fingerprint density at radius 1 is 1.42 bits per heavy atom. The van der Waals surface area contributed by atoms with E-state index in [0.29, 0.717) is 11.8 Å². The summed E-state index contributed by atoms with van der Waals surface area (Å²) in [5.41, 5.74) is -0.291. The third kappa shape index (κ3) is 3.48. The molecule has 0 aliphatic carbocycles. The summed E-state index contributed by atoms with van der Waals surface area (Å²) in [7, 11) is 0. The molecule has 4 nitrogen and oxygen atoms in total. The normalized spacial score (nSPS) is 30.1. The molecule has 2 heterocycles. The van der Waals surface area contributed by atoms with E-state index in [2.05, 4.69) is 31.4 Å². The lowest BCUT2D eigenvalue weighted by atomic mass is 9.74. The lowest BCUT2D eigenvalue weighted by molar-refractivity contribution is -0.133. The molecule has 2 saturated heterocycles. The molecule has 0 bridgehead atoms. The van der Waals surface area contributed by atoms with Crippen LogP contribution in [0.25, 0.3) is 0 Å². The summed E-state index contributed by atoms with van der Waals surface area (Å²) < 4.78 is 5.40. The summed E-state index contributed by atoms with van der Waals surface area (Å²) in [6, 6.07) is 0.214. The van der Waals surface area contributed by atoms with Crippen molar-refractivity contribution in [2.45, 2.75) is 46.1 Å². The minimum absolute atomic E-state index is 0.195. The first-order valence-electron chi connectivity index (χ1n) is 7.61. The van der Waals surface area contributed by atoms with Crippen molar-refractivity contribution in [3.8, 4) is 0 Å². The van der Waals surface area contributed by atoms with Gasteiger partial charge in [-0.15, -0.1) is 0 Å². The standard InChI is InChI=1S/C15H28N2O2/c1-11(12-6-8-19-10-12)17-14(18)15(2,3)13-5-4-7-16-9-13/h11-13,16H,4-10H2,1-3H3,(H,17,18). The fraction of sp³-hybridized carbons (Fsp3) is 0.933. The van der Waals surface area contributed by atoms with Crippen LogP contribution in [0.2, 0.25) is 0 Å². The molecule has 3 unspecified atom stereocenters. The molecule has 0 aromatic rings. The van der Waals surface area contributed by atoms with Crippen molar-refractivity contribution in [2.75, 3.05) is 26.3 Å². The van der Waals surface area contributed by atoms with Gasteiger partial charge >= 0.3 is 0 Å². The fourth-order valence-corrected chi connectivity index (χ4v) is 3.11. The van der Waals surface area contributed by atoms with Gasteiger partial charge in [0.1, 0.15) is 0 Å². The molecular weight excluding hydrogens is 240 g/mol. The number of amides is 1. The molecule has 19 heavy (non-hydrogen) atoms. The molecule has 2 aliphatic rings. The Hall–Kier alpha value is -0.610. The van der Waals surface area contributed by atoms with Crippen LogP contribution in [-0.2, 0) is 9.53 Å². The zero-order valence-corrected chi connectivity index (χ0v) is 12.5. The first-order chi connectivity index (χ1) is 9.01. The second-order valence-electron chi connectivity index (χ2n) is 6.65. The van der Waals surface area contributed by atoms with E-state index in [4.69, 9.17) is 4.74 Å². The Kier molecular flexibility index (Phi) is 4.85. The Bertz CT molecular complexity index is 305. The van der Waals surface area contributed by atoms with Gasteiger partial charge in [-0.25, -0.2) is 0 Å². The van der Waals surface area contributed by atoms with Crippen LogP contribution in [0.15, 0.2) is 0 Å². The number of piperidine rings is 1. The topological polar surface area (TPSA) is 50.4 Å².